The minimum Gasteiger partial charge on any atom is -0.388 e. The molecule has 2 heteroatoms. The third-order valence-electron chi connectivity index (χ3n) is 6.31. The van der Waals surface area contributed by atoms with Crippen LogP contribution in [0.25, 0.3) is 11.1 Å². The van der Waals surface area contributed by atoms with Gasteiger partial charge in [-0.2, -0.15) is 0 Å². The first kappa shape index (κ1) is 19.9. The summed E-state index contributed by atoms with van der Waals surface area (Å²) in [6.45, 7) is 2.07. The summed E-state index contributed by atoms with van der Waals surface area (Å²) in [5.74, 6) is 1.53. The van der Waals surface area contributed by atoms with E-state index in [2.05, 4.69) is 54.7 Å². The van der Waals surface area contributed by atoms with Crippen molar-refractivity contribution in [2.45, 2.75) is 64.2 Å². The van der Waals surface area contributed by atoms with Crippen LogP contribution in [0.1, 0.15) is 68.9 Å². The maximum absolute atomic E-state index is 12.3. The highest BCUT2D eigenvalue weighted by molar-refractivity contribution is 5.70. The monoisotopic (exact) mass is 367 g/mol. The number of aryl methyl sites for hydroxylation is 1. The molecular weight excluding hydrogens is 333 g/mol. The molecule has 1 N–H and O–H groups in total. The van der Waals surface area contributed by atoms with E-state index < -0.39 is 0 Å². The first-order valence-electron chi connectivity index (χ1n) is 10.7. The Labute approximate surface area is 164 Å². The van der Waals surface area contributed by atoms with Crippen LogP contribution in [0.4, 0.5) is 10.1 Å². The van der Waals surface area contributed by atoms with Crippen LogP contribution < -0.4 is 5.32 Å². The van der Waals surface area contributed by atoms with Crippen molar-refractivity contribution in [1.29, 1.82) is 0 Å². The zero-order valence-corrected chi connectivity index (χ0v) is 16.9. The van der Waals surface area contributed by atoms with Crippen molar-refractivity contribution in [2.75, 3.05) is 19.0 Å². The molecule has 3 rings (SSSR count). The SMILES string of the molecule is CCc1cc(NC)ccc1-c1ccc(C2CCC(CCCCF)CC2)cc1. The summed E-state index contributed by atoms with van der Waals surface area (Å²) >= 11 is 0. The van der Waals surface area contributed by atoms with Gasteiger partial charge in [0.15, 0.2) is 0 Å². The average Bonchev–Trinajstić information content (AvgIpc) is 2.74. The minimum absolute atomic E-state index is 0.154. The number of unbranched alkanes of at least 4 members (excludes halogenated alkanes) is 1. The molecule has 0 saturated heterocycles. The van der Waals surface area contributed by atoms with Crippen molar-refractivity contribution in [3.05, 3.63) is 53.6 Å². The maximum atomic E-state index is 12.3. The molecule has 0 amide bonds. The zero-order chi connectivity index (χ0) is 19.1. The molecule has 27 heavy (non-hydrogen) atoms. The highest BCUT2D eigenvalue weighted by Crippen LogP contribution is 2.38. The van der Waals surface area contributed by atoms with Gasteiger partial charge in [0, 0.05) is 12.7 Å². The van der Waals surface area contributed by atoms with Crippen molar-refractivity contribution in [3.8, 4) is 11.1 Å². The Hall–Kier alpha value is -1.83. The normalized spacial score (nSPS) is 19.8. The smallest absolute Gasteiger partial charge is 0.0894 e. The lowest BCUT2D eigenvalue weighted by Crippen LogP contribution is -2.13. The van der Waals surface area contributed by atoms with Crippen LogP contribution in [0.2, 0.25) is 0 Å². The van der Waals surface area contributed by atoms with Gasteiger partial charge in [0.1, 0.15) is 0 Å². The Morgan fingerprint density at radius 3 is 2.33 bits per heavy atom. The quantitative estimate of drug-likeness (QED) is 0.480. The number of hydrogen-bond acceptors (Lipinski definition) is 1. The van der Waals surface area contributed by atoms with Gasteiger partial charge in [-0.3, -0.25) is 4.39 Å². The van der Waals surface area contributed by atoms with Gasteiger partial charge in [0.05, 0.1) is 6.67 Å². The van der Waals surface area contributed by atoms with Gasteiger partial charge in [0.2, 0.25) is 0 Å². The summed E-state index contributed by atoms with van der Waals surface area (Å²) in [6, 6.07) is 15.9. The van der Waals surface area contributed by atoms with Crippen molar-refractivity contribution >= 4 is 5.69 Å². The average molecular weight is 368 g/mol. The second-order valence-electron chi connectivity index (χ2n) is 8.00. The van der Waals surface area contributed by atoms with E-state index in [0.717, 1.165) is 25.2 Å². The van der Waals surface area contributed by atoms with E-state index >= 15 is 0 Å². The first-order valence-corrected chi connectivity index (χ1v) is 10.7. The Kier molecular flexibility index (Phi) is 7.32. The number of benzene rings is 2. The van der Waals surface area contributed by atoms with Crippen LogP contribution in [0.3, 0.4) is 0 Å². The van der Waals surface area contributed by atoms with Gasteiger partial charge in [0.25, 0.3) is 0 Å². The predicted octanol–water partition coefficient (Wildman–Crippen LogP) is 7.37. The predicted molar refractivity (Wildman–Crippen MR) is 115 cm³/mol. The highest BCUT2D eigenvalue weighted by atomic mass is 19.1. The number of hydrogen-bond donors (Lipinski definition) is 1. The summed E-state index contributed by atoms with van der Waals surface area (Å²) in [5.41, 5.74) is 6.72. The van der Waals surface area contributed by atoms with E-state index in [-0.39, 0.29) is 6.67 Å². The van der Waals surface area contributed by atoms with Crippen LogP contribution in [-0.2, 0) is 6.42 Å². The number of halogens is 1. The van der Waals surface area contributed by atoms with Crippen LogP contribution >= 0.6 is 0 Å². The van der Waals surface area contributed by atoms with Gasteiger partial charge in [-0.05, 0) is 84.7 Å². The molecule has 1 aliphatic rings. The molecule has 0 heterocycles. The van der Waals surface area contributed by atoms with Crippen molar-refractivity contribution in [3.63, 3.8) is 0 Å². The third-order valence-corrected chi connectivity index (χ3v) is 6.31. The second-order valence-corrected chi connectivity index (χ2v) is 8.00. The van der Waals surface area contributed by atoms with E-state index in [4.69, 9.17) is 0 Å². The van der Waals surface area contributed by atoms with E-state index in [0.29, 0.717) is 5.92 Å². The molecule has 1 aliphatic carbocycles. The summed E-state index contributed by atoms with van der Waals surface area (Å²) in [6.07, 6.45) is 9.27. The van der Waals surface area contributed by atoms with Gasteiger partial charge < -0.3 is 5.32 Å². The zero-order valence-electron chi connectivity index (χ0n) is 16.9. The Bertz CT molecular complexity index is 699. The first-order chi connectivity index (χ1) is 13.2. The van der Waals surface area contributed by atoms with E-state index in [1.807, 2.05) is 7.05 Å². The summed E-state index contributed by atoms with van der Waals surface area (Å²) in [4.78, 5) is 0. The van der Waals surface area contributed by atoms with Crippen molar-refractivity contribution in [1.82, 2.24) is 0 Å². The molecule has 1 saturated carbocycles. The molecule has 0 bridgehead atoms. The molecule has 2 aromatic carbocycles. The van der Waals surface area contributed by atoms with Crippen LogP contribution in [0.5, 0.6) is 0 Å². The molecular formula is C25H34FN. The third kappa shape index (κ3) is 5.12. The maximum Gasteiger partial charge on any atom is 0.0894 e. The fourth-order valence-corrected chi connectivity index (χ4v) is 4.57. The molecule has 0 radical (unpaired) electrons. The topological polar surface area (TPSA) is 12.0 Å². The highest BCUT2D eigenvalue weighted by Gasteiger charge is 2.22. The van der Waals surface area contributed by atoms with Crippen LogP contribution in [-0.4, -0.2) is 13.7 Å². The number of rotatable bonds is 8. The Morgan fingerprint density at radius 2 is 1.70 bits per heavy atom. The van der Waals surface area contributed by atoms with Gasteiger partial charge >= 0.3 is 0 Å². The van der Waals surface area contributed by atoms with Gasteiger partial charge in [-0.1, -0.05) is 50.1 Å². The largest absolute Gasteiger partial charge is 0.388 e. The Balaban J connectivity index is 1.63. The molecule has 2 aromatic rings. The van der Waals surface area contributed by atoms with Crippen molar-refractivity contribution < 1.29 is 4.39 Å². The van der Waals surface area contributed by atoms with Gasteiger partial charge in [-0.15, -0.1) is 0 Å². The summed E-state index contributed by atoms with van der Waals surface area (Å²) in [5, 5.41) is 3.23. The standard InChI is InChI=1S/C25H34FN/c1-3-20-18-24(27-2)15-16-25(20)23-13-11-22(12-14-23)21-9-7-19(8-10-21)6-4-5-17-26/h11-16,18-19,21,27H,3-10,17H2,1-2H3. The van der Waals surface area contributed by atoms with E-state index in [9.17, 15) is 4.39 Å². The number of nitrogens with one attached hydrogen (secondary N) is 1. The fraction of sp³-hybridized carbons (Fsp3) is 0.520. The minimum atomic E-state index is -0.154. The fourth-order valence-electron chi connectivity index (χ4n) is 4.57. The van der Waals surface area contributed by atoms with Crippen molar-refractivity contribution in [2.24, 2.45) is 5.92 Å². The number of anilines is 1. The number of alkyl halides is 1. The molecule has 0 aromatic heterocycles. The van der Waals surface area contributed by atoms with Crippen LogP contribution in [0, 0.1) is 5.92 Å². The molecule has 1 nitrogen and oxygen atoms in total. The second kappa shape index (κ2) is 9.92. The lowest BCUT2D eigenvalue weighted by Gasteiger charge is -2.29. The molecule has 0 spiro atoms. The summed E-state index contributed by atoms with van der Waals surface area (Å²) in [7, 11) is 1.97. The molecule has 146 valence electrons. The summed E-state index contributed by atoms with van der Waals surface area (Å²) < 4.78 is 12.3. The van der Waals surface area contributed by atoms with E-state index in [1.165, 1.54) is 60.0 Å². The lowest BCUT2D eigenvalue weighted by atomic mass is 9.77. The van der Waals surface area contributed by atoms with E-state index in [1.54, 1.807) is 0 Å². The van der Waals surface area contributed by atoms with Crippen LogP contribution in [0.15, 0.2) is 42.5 Å². The molecule has 0 unspecified atom stereocenters. The molecule has 1 fully saturated rings. The molecule has 0 atom stereocenters. The molecule has 0 aliphatic heterocycles. The lowest BCUT2D eigenvalue weighted by molar-refractivity contribution is 0.298. The Morgan fingerprint density at radius 1 is 0.963 bits per heavy atom. The van der Waals surface area contributed by atoms with Gasteiger partial charge in [-0.25, -0.2) is 0 Å².